The molecule has 4 aromatic carbocycles. The van der Waals surface area contributed by atoms with Gasteiger partial charge in [0.15, 0.2) is 0 Å². The van der Waals surface area contributed by atoms with Gasteiger partial charge in [0.2, 0.25) is 5.91 Å². The highest BCUT2D eigenvalue weighted by atomic mass is 16.5. The number of carboxylic acid groups (broad SMARTS) is 1. The Kier molecular flexibility index (Phi) is 11.5. The predicted octanol–water partition coefficient (Wildman–Crippen LogP) is 4.63. The Labute approximate surface area is 279 Å². The van der Waals surface area contributed by atoms with Gasteiger partial charge in [-0.2, -0.15) is 0 Å². The van der Waals surface area contributed by atoms with E-state index in [2.05, 4.69) is 15.6 Å². The quantitative estimate of drug-likeness (QED) is 0.154. The lowest BCUT2D eigenvalue weighted by atomic mass is 9.84. The van der Waals surface area contributed by atoms with E-state index in [0.29, 0.717) is 16.9 Å². The average molecular weight is 649 g/mol. The Bertz CT molecular complexity index is 1860. The van der Waals surface area contributed by atoms with E-state index < -0.39 is 35.1 Å². The molecule has 0 radical (unpaired) electrons. The minimum absolute atomic E-state index is 0.0149. The molecule has 10 heteroatoms. The number of aliphatic imine (C=N–C) groups is 1. The molecular weight excluding hydrogens is 608 g/mol. The van der Waals surface area contributed by atoms with Gasteiger partial charge in [-0.15, -0.1) is 0 Å². The molecule has 0 saturated heterocycles. The molecule has 5 N–H and O–H groups in total. The second-order valence-electron chi connectivity index (χ2n) is 12.0. The summed E-state index contributed by atoms with van der Waals surface area (Å²) in [6.07, 6.45) is 1.25. The molecule has 248 valence electrons. The van der Waals surface area contributed by atoms with Crippen molar-refractivity contribution in [3.05, 3.63) is 125 Å². The van der Waals surface area contributed by atoms with Crippen LogP contribution in [-0.2, 0) is 44.0 Å². The Hall–Kier alpha value is -5.77. The highest BCUT2D eigenvalue weighted by molar-refractivity contribution is 6.46. The summed E-state index contributed by atoms with van der Waals surface area (Å²) in [6.45, 7) is 4.94. The predicted molar refractivity (Wildman–Crippen MR) is 186 cm³/mol. The third-order valence-electron chi connectivity index (χ3n) is 8.13. The molecule has 48 heavy (non-hydrogen) atoms. The standard InChI is InChI=1S/C38H40N4O6/c1-24(22-39)34(36(45)40-23-26-12-17-31(48-4)18-13-26)42-35(44)32(20-25-10-15-30(16-11-25)38(2,3)37(46)47)41-33(43)21-27-9-14-28-7-5-6-8-29(28)19-27/h5-19,22,32H,20-21,23,39H2,1-4H3,(H,40,45)(H,41,43)(H,46,47)/b24-22-,42-34?/t32-/m1/s1. The molecule has 0 fully saturated rings. The monoisotopic (exact) mass is 648 g/mol. The molecular formula is C38H40N4O6. The van der Waals surface area contributed by atoms with Gasteiger partial charge < -0.3 is 26.2 Å². The Morgan fingerprint density at radius 2 is 1.52 bits per heavy atom. The normalized spacial score (nSPS) is 12.7. The first-order valence-corrected chi connectivity index (χ1v) is 15.4. The molecule has 0 bridgehead atoms. The number of ether oxygens (including phenoxy) is 1. The molecule has 0 spiro atoms. The smallest absolute Gasteiger partial charge is 0.313 e. The van der Waals surface area contributed by atoms with Gasteiger partial charge in [0.05, 0.1) is 18.9 Å². The molecule has 0 aliphatic rings. The van der Waals surface area contributed by atoms with E-state index in [1.54, 1.807) is 76.4 Å². The number of aliphatic carboxylic acids is 1. The molecule has 0 aromatic heterocycles. The van der Waals surface area contributed by atoms with Gasteiger partial charge in [-0.05, 0) is 77.7 Å². The van der Waals surface area contributed by atoms with E-state index >= 15 is 0 Å². The summed E-state index contributed by atoms with van der Waals surface area (Å²) in [5, 5.41) is 17.2. The number of hydrogen-bond donors (Lipinski definition) is 4. The van der Waals surface area contributed by atoms with Gasteiger partial charge >= 0.3 is 5.97 Å². The number of amides is 3. The van der Waals surface area contributed by atoms with Crippen LogP contribution in [0.1, 0.15) is 43.0 Å². The Balaban J connectivity index is 1.59. The summed E-state index contributed by atoms with van der Waals surface area (Å²) in [5.41, 5.74) is 7.54. The number of carbonyl (C=O) groups is 4. The van der Waals surface area contributed by atoms with E-state index in [1.807, 2.05) is 42.5 Å². The van der Waals surface area contributed by atoms with Crippen molar-refractivity contribution in [1.29, 1.82) is 0 Å². The molecule has 0 aliphatic carbocycles. The van der Waals surface area contributed by atoms with Gasteiger partial charge in [-0.25, -0.2) is 4.99 Å². The van der Waals surface area contributed by atoms with E-state index in [0.717, 1.165) is 21.9 Å². The van der Waals surface area contributed by atoms with Crippen LogP contribution in [0.3, 0.4) is 0 Å². The van der Waals surface area contributed by atoms with Crippen LogP contribution in [0.5, 0.6) is 5.75 Å². The summed E-state index contributed by atoms with van der Waals surface area (Å²) < 4.78 is 5.18. The van der Waals surface area contributed by atoms with Gasteiger partial charge in [0.25, 0.3) is 11.8 Å². The lowest BCUT2D eigenvalue weighted by Crippen LogP contribution is -2.43. The summed E-state index contributed by atoms with van der Waals surface area (Å²) >= 11 is 0. The van der Waals surface area contributed by atoms with Crippen molar-refractivity contribution in [3.63, 3.8) is 0 Å². The minimum atomic E-state index is -1.13. The summed E-state index contributed by atoms with van der Waals surface area (Å²) in [4.78, 5) is 56.3. The molecule has 10 nitrogen and oxygen atoms in total. The number of fused-ring (bicyclic) bond motifs is 1. The van der Waals surface area contributed by atoms with Crippen LogP contribution >= 0.6 is 0 Å². The second kappa shape index (κ2) is 15.7. The van der Waals surface area contributed by atoms with Crippen LogP contribution in [-0.4, -0.2) is 47.7 Å². The summed E-state index contributed by atoms with van der Waals surface area (Å²) in [5.74, 6) is -2.06. The number of nitrogens with two attached hydrogens (primary N) is 1. The largest absolute Gasteiger partial charge is 0.497 e. The summed E-state index contributed by atoms with van der Waals surface area (Å²) in [6, 6.07) is 26.3. The molecule has 3 amide bonds. The fourth-order valence-electron chi connectivity index (χ4n) is 4.99. The van der Waals surface area contributed by atoms with Crippen molar-refractivity contribution in [2.75, 3.05) is 7.11 Å². The fraction of sp³-hybridized carbons (Fsp3) is 0.237. The average Bonchev–Trinajstić information content (AvgIpc) is 3.09. The van der Waals surface area contributed by atoms with Crippen LogP contribution < -0.4 is 21.1 Å². The van der Waals surface area contributed by atoms with Crippen LogP contribution in [0, 0.1) is 0 Å². The third-order valence-corrected chi connectivity index (χ3v) is 8.13. The lowest BCUT2D eigenvalue weighted by molar-refractivity contribution is -0.142. The molecule has 0 heterocycles. The van der Waals surface area contributed by atoms with Crippen LogP contribution in [0.25, 0.3) is 10.8 Å². The van der Waals surface area contributed by atoms with Gasteiger partial charge in [-0.3, -0.25) is 19.2 Å². The van der Waals surface area contributed by atoms with E-state index in [9.17, 15) is 24.3 Å². The highest BCUT2D eigenvalue weighted by Crippen LogP contribution is 2.24. The zero-order chi connectivity index (χ0) is 34.8. The van der Waals surface area contributed by atoms with Crippen molar-refractivity contribution in [2.45, 2.75) is 51.6 Å². The number of hydrogen-bond acceptors (Lipinski definition) is 6. The van der Waals surface area contributed by atoms with Crippen LogP contribution in [0.2, 0.25) is 0 Å². The fourth-order valence-corrected chi connectivity index (χ4v) is 4.99. The number of carboxylic acids is 1. The van der Waals surface area contributed by atoms with Gasteiger partial charge in [-0.1, -0.05) is 78.9 Å². The molecule has 0 aliphatic heterocycles. The zero-order valence-corrected chi connectivity index (χ0v) is 27.4. The number of rotatable bonds is 13. The number of nitrogens with one attached hydrogen (secondary N) is 2. The molecule has 0 saturated carbocycles. The second-order valence-corrected chi connectivity index (χ2v) is 12.0. The maximum Gasteiger partial charge on any atom is 0.313 e. The topological polar surface area (TPSA) is 160 Å². The van der Waals surface area contributed by atoms with Crippen molar-refractivity contribution < 1.29 is 29.0 Å². The SMILES string of the molecule is COc1ccc(CNC(=O)C(=NC(=O)[C@@H](Cc2ccc(C(C)(C)C(=O)O)cc2)NC(=O)Cc2ccc3ccccc3c2)/C(C)=C\N)cc1. The van der Waals surface area contributed by atoms with Crippen molar-refractivity contribution >= 4 is 40.2 Å². The molecule has 4 aromatic rings. The van der Waals surface area contributed by atoms with E-state index in [1.165, 1.54) is 6.20 Å². The molecule has 4 rings (SSSR count). The van der Waals surface area contributed by atoms with Crippen molar-refractivity contribution in [3.8, 4) is 5.75 Å². The first kappa shape index (κ1) is 35.1. The number of nitrogens with zero attached hydrogens (tertiary/aromatic N) is 1. The van der Waals surface area contributed by atoms with Gasteiger partial charge in [0, 0.05) is 13.0 Å². The number of benzene rings is 4. The third kappa shape index (κ3) is 8.94. The number of carbonyl (C=O) groups excluding carboxylic acids is 3. The maximum atomic E-state index is 13.8. The Morgan fingerprint density at radius 3 is 2.15 bits per heavy atom. The van der Waals surface area contributed by atoms with E-state index in [-0.39, 0.29) is 30.7 Å². The lowest BCUT2D eigenvalue weighted by Gasteiger charge is -2.21. The van der Waals surface area contributed by atoms with Crippen molar-refractivity contribution in [2.24, 2.45) is 10.7 Å². The van der Waals surface area contributed by atoms with E-state index in [4.69, 9.17) is 10.5 Å². The molecule has 0 unspecified atom stereocenters. The van der Waals surface area contributed by atoms with Gasteiger partial charge in [0.1, 0.15) is 17.5 Å². The first-order chi connectivity index (χ1) is 22.9. The van der Waals surface area contributed by atoms with Crippen LogP contribution in [0.4, 0.5) is 0 Å². The Morgan fingerprint density at radius 1 is 0.896 bits per heavy atom. The summed E-state index contributed by atoms with van der Waals surface area (Å²) in [7, 11) is 1.56. The zero-order valence-electron chi connectivity index (χ0n) is 27.4. The van der Waals surface area contributed by atoms with Crippen LogP contribution in [0.15, 0.2) is 108 Å². The number of methoxy groups -OCH3 is 1. The minimum Gasteiger partial charge on any atom is -0.497 e. The first-order valence-electron chi connectivity index (χ1n) is 15.4. The highest BCUT2D eigenvalue weighted by Gasteiger charge is 2.30. The maximum absolute atomic E-state index is 13.8. The molecule has 1 atom stereocenters. The van der Waals surface area contributed by atoms with Crippen molar-refractivity contribution in [1.82, 2.24) is 10.6 Å².